The van der Waals surface area contributed by atoms with Gasteiger partial charge in [0.25, 0.3) is 0 Å². The van der Waals surface area contributed by atoms with Crippen LogP contribution in [-0.4, -0.2) is 22.8 Å². The first-order valence-electron chi connectivity index (χ1n) is 4.97. The molecule has 0 aromatic heterocycles. The molecule has 4 nitrogen and oxygen atoms in total. The minimum Gasteiger partial charge on any atom is -0.336 e. The Labute approximate surface area is 89.5 Å². The Morgan fingerprint density at radius 3 is 2.60 bits per heavy atom. The highest BCUT2D eigenvalue weighted by Gasteiger charge is 2.18. The van der Waals surface area contributed by atoms with E-state index in [1.54, 1.807) is 13.8 Å². The normalized spacial score (nSPS) is 11.9. The van der Waals surface area contributed by atoms with Crippen LogP contribution < -0.4 is 5.32 Å². The zero-order chi connectivity index (χ0) is 11.3. The summed E-state index contributed by atoms with van der Waals surface area (Å²) in [6.45, 7) is 4.07. The molecule has 1 atom stereocenters. The Balaban J connectivity index is 2.68. The van der Waals surface area contributed by atoms with Crippen molar-refractivity contribution in [2.45, 2.75) is 19.9 Å². The largest absolute Gasteiger partial charge is 0.341 e. The van der Waals surface area contributed by atoms with Crippen LogP contribution in [0.4, 0.5) is 4.79 Å². The van der Waals surface area contributed by atoms with Gasteiger partial charge in [-0.3, -0.25) is 5.21 Å². The molecule has 0 radical (unpaired) electrons. The van der Waals surface area contributed by atoms with E-state index >= 15 is 0 Å². The summed E-state index contributed by atoms with van der Waals surface area (Å²) in [6.07, 6.45) is 0. The molecular formula is C11H16N2O2. The number of nitrogens with one attached hydrogen (secondary N) is 1. The predicted octanol–water partition coefficient (Wildman–Crippen LogP) is 2.17. The zero-order valence-corrected chi connectivity index (χ0v) is 8.97. The van der Waals surface area contributed by atoms with Crippen molar-refractivity contribution in [1.29, 1.82) is 0 Å². The van der Waals surface area contributed by atoms with Gasteiger partial charge in [0.1, 0.15) is 0 Å². The van der Waals surface area contributed by atoms with Gasteiger partial charge in [0.2, 0.25) is 0 Å². The third-order valence-electron chi connectivity index (χ3n) is 2.18. The summed E-state index contributed by atoms with van der Waals surface area (Å²) >= 11 is 0. The van der Waals surface area contributed by atoms with Gasteiger partial charge < -0.3 is 5.32 Å². The first-order valence-corrected chi connectivity index (χ1v) is 4.97. The van der Waals surface area contributed by atoms with Crippen LogP contribution in [-0.2, 0) is 0 Å². The summed E-state index contributed by atoms with van der Waals surface area (Å²) in [5.41, 5.74) is 0.895. The highest BCUT2D eigenvalue weighted by molar-refractivity contribution is 5.73. The van der Waals surface area contributed by atoms with Crippen LogP contribution in [0.2, 0.25) is 0 Å². The van der Waals surface area contributed by atoms with Crippen LogP contribution in [0, 0.1) is 0 Å². The number of urea groups is 1. The number of nitrogens with zero attached hydrogens (tertiary/aromatic N) is 1. The molecule has 2 amide bonds. The van der Waals surface area contributed by atoms with E-state index in [1.165, 1.54) is 0 Å². The lowest BCUT2D eigenvalue weighted by Crippen LogP contribution is -2.39. The summed E-state index contributed by atoms with van der Waals surface area (Å²) in [5, 5.41) is 12.8. The maximum Gasteiger partial charge on any atom is 0.341 e. The Kier molecular flexibility index (Phi) is 4.12. The highest BCUT2D eigenvalue weighted by atomic mass is 16.5. The fourth-order valence-corrected chi connectivity index (χ4v) is 1.28. The molecular weight excluding hydrogens is 192 g/mol. The number of carbonyl (C=O) groups excluding carboxylic acids is 1. The van der Waals surface area contributed by atoms with Crippen molar-refractivity contribution < 1.29 is 10.0 Å². The molecule has 1 rings (SSSR count). The Bertz CT molecular complexity index is 314. The minimum absolute atomic E-state index is 0.349. The fraction of sp³-hybridized carbons (Fsp3) is 0.364. The smallest absolute Gasteiger partial charge is 0.336 e. The summed E-state index contributed by atoms with van der Waals surface area (Å²) in [5.74, 6) is 0. The van der Waals surface area contributed by atoms with E-state index in [4.69, 9.17) is 0 Å². The van der Waals surface area contributed by atoms with Crippen molar-refractivity contribution in [3.05, 3.63) is 35.9 Å². The van der Waals surface area contributed by atoms with Gasteiger partial charge in [0, 0.05) is 6.54 Å². The van der Waals surface area contributed by atoms with Gasteiger partial charge in [0.15, 0.2) is 0 Å². The summed E-state index contributed by atoms with van der Waals surface area (Å²) in [4.78, 5) is 11.3. The van der Waals surface area contributed by atoms with E-state index in [0.717, 1.165) is 5.56 Å². The van der Waals surface area contributed by atoms with Crippen molar-refractivity contribution in [2.24, 2.45) is 0 Å². The number of hydrogen-bond donors (Lipinski definition) is 2. The summed E-state index contributed by atoms with van der Waals surface area (Å²) in [6, 6.07) is 8.55. The number of benzene rings is 1. The molecule has 0 fully saturated rings. The van der Waals surface area contributed by atoms with E-state index in [1.807, 2.05) is 30.3 Å². The summed E-state index contributed by atoms with van der Waals surface area (Å²) < 4.78 is 0. The predicted molar refractivity (Wildman–Crippen MR) is 57.6 cm³/mol. The lowest BCUT2D eigenvalue weighted by Gasteiger charge is -2.22. The molecule has 0 aliphatic carbocycles. The molecule has 1 unspecified atom stereocenters. The van der Waals surface area contributed by atoms with Crippen LogP contribution in [0.3, 0.4) is 0 Å². The molecule has 0 saturated heterocycles. The van der Waals surface area contributed by atoms with Crippen molar-refractivity contribution in [2.75, 3.05) is 6.54 Å². The van der Waals surface area contributed by atoms with Crippen molar-refractivity contribution in [3.8, 4) is 0 Å². The zero-order valence-electron chi connectivity index (χ0n) is 8.97. The van der Waals surface area contributed by atoms with E-state index in [-0.39, 0.29) is 6.04 Å². The van der Waals surface area contributed by atoms with Crippen LogP contribution in [0.1, 0.15) is 25.5 Å². The Morgan fingerprint density at radius 1 is 1.47 bits per heavy atom. The third-order valence-corrected chi connectivity index (χ3v) is 2.18. The topological polar surface area (TPSA) is 52.6 Å². The number of hydroxylamine groups is 2. The lowest BCUT2D eigenvalue weighted by atomic mass is 10.1. The second-order valence-corrected chi connectivity index (χ2v) is 3.27. The molecule has 0 saturated carbocycles. The molecule has 0 spiro atoms. The second-order valence-electron chi connectivity index (χ2n) is 3.27. The summed E-state index contributed by atoms with van der Waals surface area (Å²) in [7, 11) is 0. The number of amides is 2. The molecule has 82 valence electrons. The lowest BCUT2D eigenvalue weighted by molar-refractivity contribution is -0.0742. The average Bonchev–Trinajstić information content (AvgIpc) is 2.28. The van der Waals surface area contributed by atoms with Crippen molar-refractivity contribution in [1.82, 2.24) is 10.4 Å². The minimum atomic E-state index is -0.478. The van der Waals surface area contributed by atoms with E-state index in [0.29, 0.717) is 11.6 Å². The van der Waals surface area contributed by atoms with Gasteiger partial charge in [-0.1, -0.05) is 30.3 Å². The first-order chi connectivity index (χ1) is 7.16. The van der Waals surface area contributed by atoms with E-state index in [2.05, 4.69) is 5.32 Å². The van der Waals surface area contributed by atoms with Crippen molar-refractivity contribution >= 4 is 6.03 Å². The molecule has 15 heavy (non-hydrogen) atoms. The monoisotopic (exact) mass is 208 g/mol. The molecule has 4 heteroatoms. The van der Waals surface area contributed by atoms with E-state index in [9.17, 15) is 10.0 Å². The Hall–Kier alpha value is -1.55. The van der Waals surface area contributed by atoms with Crippen LogP contribution in [0.25, 0.3) is 0 Å². The van der Waals surface area contributed by atoms with Gasteiger partial charge in [-0.25, -0.2) is 4.79 Å². The van der Waals surface area contributed by atoms with Gasteiger partial charge in [-0.05, 0) is 19.4 Å². The molecule has 1 aromatic carbocycles. The van der Waals surface area contributed by atoms with Gasteiger partial charge in [0.05, 0.1) is 6.04 Å². The Morgan fingerprint density at radius 2 is 2.07 bits per heavy atom. The standard InChI is InChI=1S/C11H16N2O2/c1-3-12-11(14)13(15)9(2)10-7-5-4-6-8-10/h4-9,15H,3H2,1-2H3,(H,12,14). The van der Waals surface area contributed by atoms with Gasteiger partial charge >= 0.3 is 6.03 Å². The van der Waals surface area contributed by atoms with Gasteiger partial charge in [-0.2, -0.15) is 5.06 Å². The maximum atomic E-state index is 11.3. The van der Waals surface area contributed by atoms with Crippen molar-refractivity contribution in [3.63, 3.8) is 0 Å². The molecule has 0 heterocycles. The molecule has 0 aliphatic heterocycles. The third kappa shape index (κ3) is 2.95. The quantitative estimate of drug-likeness (QED) is 0.590. The first kappa shape index (κ1) is 11.5. The van der Waals surface area contributed by atoms with Crippen LogP contribution in [0.15, 0.2) is 30.3 Å². The van der Waals surface area contributed by atoms with Crippen LogP contribution >= 0.6 is 0 Å². The highest BCUT2D eigenvalue weighted by Crippen LogP contribution is 2.17. The average molecular weight is 208 g/mol. The number of hydrogen-bond acceptors (Lipinski definition) is 2. The molecule has 0 aliphatic rings. The fourth-order valence-electron chi connectivity index (χ4n) is 1.28. The SMILES string of the molecule is CCNC(=O)N(O)C(C)c1ccccc1. The molecule has 1 aromatic rings. The van der Waals surface area contributed by atoms with Crippen LogP contribution in [0.5, 0.6) is 0 Å². The second kappa shape index (κ2) is 5.36. The molecule has 0 bridgehead atoms. The maximum absolute atomic E-state index is 11.3. The number of carbonyl (C=O) groups is 1. The molecule has 2 N–H and O–H groups in total. The number of rotatable bonds is 3. The van der Waals surface area contributed by atoms with E-state index < -0.39 is 6.03 Å². The van der Waals surface area contributed by atoms with Gasteiger partial charge in [-0.15, -0.1) is 0 Å².